The highest BCUT2D eigenvalue weighted by Crippen LogP contribution is 2.53. The van der Waals surface area contributed by atoms with E-state index in [-0.39, 0.29) is 30.4 Å². The fourth-order valence-electron chi connectivity index (χ4n) is 5.96. The molecule has 1 aliphatic carbocycles. The highest BCUT2D eigenvalue weighted by atomic mass is 32.2. The van der Waals surface area contributed by atoms with Gasteiger partial charge in [-0.05, 0) is 70.7 Å². The smallest absolute Gasteiger partial charge is 0.406 e. The van der Waals surface area contributed by atoms with Gasteiger partial charge in [-0.3, -0.25) is 9.59 Å². The number of hydrogen-bond donors (Lipinski definition) is 1. The van der Waals surface area contributed by atoms with Gasteiger partial charge in [-0.25, -0.2) is 4.79 Å². The van der Waals surface area contributed by atoms with Crippen molar-refractivity contribution in [1.29, 1.82) is 0 Å². The minimum Gasteiger partial charge on any atom is -0.453 e. The normalized spacial score (nSPS) is 21.5. The summed E-state index contributed by atoms with van der Waals surface area (Å²) in [6, 6.07) is 4.25. The molecule has 0 bridgehead atoms. The van der Waals surface area contributed by atoms with E-state index in [2.05, 4.69) is 38.0 Å². The zero-order chi connectivity index (χ0) is 26.0. The number of nitrogens with one attached hydrogen (secondary N) is 1. The first-order valence-corrected chi connectivity index (χ1v) is 14.0. The van der Waals surface area contributed by atoms with E-state index in [1.165, 1.54) is 7.11 Å². The fraction of sp³-hybridized carbons (Fsp3) is 0.654. The minimum absolute atomic E-state index is 0.0248. The Labute approximate surface area is 219 Å². The van der Waals surface area contributed by atoms with Crippen molar-refractivity contribution in [2.45, 2.75) is 81.0 Å². The Morgan fingerprint density at radius 1 is 1.28 bits per heavy atom. The number of thioether (sulfide) groups is 1. The van der Waals surface area contributed by atoms with Crippen molar-refractivity contribution in [2.24, 2.45) is 0 Å². The van der Waals surface area contributed by atoms with Gasteiger partial charge in [-0.1, -0.05) is 12.8 Å². The number of piperidine rings is 1. The largest absolute Gasteiger partial charge is 0.453 e. The van der Waals surface area contributed by atoms with Crippen LogP contribution in [0.1, 0.15) is 68.3 Å². The number of anilines is 1. The molecule has 1 saturated heterocycles. The fourth-order valence-corrected chi connectivity index (χ4v) is 7.58. The molecule has 8 nitrogen and oxygen atoms in total. The van der Waals surface area contributed by atoms with Gasteiger partial charge in [0.05, 0.1) is 17.5 Å². The summed E-state index contributed by atoms with van der Waals surface area (Å²) in [6.45, 7) is 8.70. The minimum atomic E-state index is -0.519. The molecule has 1 atom stereocenters. The van der Waals surface area contributed by atoms with Crippen LogP contribution in [-0.2, 0) is 9.53 Å². The Hall–Kier alpha value is -2.20. The standard InChI is InChI=1S/C26H39BN4O4S/c1-17(2)31(19-8-7-12-29(27)16-19)23(32)20-15-21-22(14-18(20)3)36-26(9-5-6-10-26)24(33)30(21)13-11-28-25(34)35-4/h14-15,17,19H,5-13,16,27H2,1-4H3,(H,28,34)/t19-/m1/s1. The second kappa shape index (κ2) is 11.0. The molecule has 1 saturated carbocycles. The predicted molar refractivity (Wildman–Crippen MR) is 145 cm³/mol. The number of fused-ring (bicyclic) bond motifs is 1. The van der Waals surface area contributed by atoms with Crippen LogP contribution in [0.2, 0.25) is 0 Å². The summed E-state index contributed by atoms with van der Waals surface area (Å²) < 4.78 is 4.25. The molecule has 0 radical (unpaired) electrons. The van der Waals surface area contributed by atoms with Crippen molar-refractivity contribution in [1.82, 2.24) is 15.0 Å². The summed E-state index contributed by atoms with van der Waals surface area (Å²) in [7, 11) is 3.44. The van der Waals surface area contributed by atoms with E-state index in [4.69, 9.17) is 4.74 Å². The molecule has 36 heavy (non-hydrogen) atoms. The first-order valence-electron chi connectivity index (χ1n) is 13.2. The molecular weight excluding hydrogens is 475 g/mol. The van der Waals surface area contributed by atoms with Gasteiger partial charge in [0.2, 0.25) is 5.91 Å². The van der Waals surface area contributed by atoms with Gasteiger partial charge in [0.1, 0.15) is 0 Å². The molecule has 1 spiro atoms. The summed E-state index contributed by atoms with van der Waals surface area (Å²) in [5, 5.41) is 2.70. The van der Waals surface area contributed by atoms with Crippen LogP contribution >= 0.6 is 11.8 Å². The maximum atomic E-state index is 14.0. The molecule has 0 aromatic heterocycles. The highest BCUT2D eigenvalue weighted by molar-refractivity contribution is 8.01. The lowest BCUT2D eigenvalue weighted by Crippen LogP contribution is -2.52. The van der Waals surface area contributed by atoms with E-state index in [9.17, 15) is 14.4 Å². The lowest BCUT2D eigenvalue weighted by atomic mass is 9.97. The van der Waals surface area contributed by atoms with Gasteiger partial charge in [0, 0.05) is 42.2 Å². The number of carbonyl (C=O) groups excluding carboxylic acids is 3. The van der Waals surface area contributed by atoms with Crippen molar-refractivity contribution in [3.8, 4) is 0 Å². The van der Waals surface area contributed by atoms with Crippen LogP contribution in [0.25, 0.3) is 0 Å². The van der Waals surface area contributed by atoms with Gasteiger partial charge >= 0.3 is 6.09 Å². The van der Waals surface area contributed by atoms with Crippen LogP contribution in [0.5, 0.6) is 0 Å². The van der Waals surface area contributed by atoms with E-state index in [1.807, 2.05) is 17.9 Å². The molecule has 2 fully saturated rings. The summed E-state index contributed by atoms with van der Waals surface area (Å²) in [6.07, 6.45) is 5.35. The number of aryl methyl sites for hydroxylation is 1. The van der Waals surface area contributed by atoms with Crippen LogP contribution < -0.4 is 10.2 Å². The number of hydrogen-bond acceptors (Lipinski definition) is 6. The second-order valence-corrected chi connectivity index (χ2v) is 12.1. The molecule has 1 aromatic carbocycles. The van der Waals surface area contributed by atoms with Crippen LogP contribution in [-0.4, -0.2) is 85.7 Å². The molecule has 2 heterocycles. The third-order valence-electron chi connectivity index (χ3n) is 7.75. The highest BCUT2D eigenvalue weighted by Gasteiger charge is 2.49. The lowest BCUT2D eigenvalue weighted by molar-refractivity contribution is -0.121. The molecule has 1 aromatic rings. The molecule has 10 heteroatoms. The van der Waals surface area contributed by atoms with Gasteiger partial charge < -0.3 is 24.7 Å². The monoisotopic (exact) mass is 514 g/mol. The van der Waals surface area contributed by atoms with Crippen molar-refractivity contribution >= 4 is 43.3 Å². The molecule has 4 rings (SSSR count). The van der Waals surface area contributed by atoms with E-state index >= 15 is 0 Å². The third kappa shape index (κ3) is 5.25. The number of amides is 3. The van der Waals surface area contributed by atoms with Gasteiger partial charge in [0.25, 0.3) is 5.91 Å². The Kier molecular flexibility index (Phi) is 8.24. The van der Waals surface area contributed by atoms with E-state index in [0.29, 0.717) is 12.1 Å². The molecular formula is C26H39BN4O4S. The Balaban J connectivity index is 1.69. The van der Waals surface area contributed by atoms with Crippen molar-refractivity contribution in [2.75, 3.05) is 38.2 Å². The average molecular weight is 515 g/mol. The van der Waals surface area contributed by atoms with Crippen LogP contribution in [0.3, 0.4) is 0 Å². The van der Waals surface area contributed by atoms with Gasteiger partial charge in [-0.15, -0.1) is 11.8 Å². The number of carbonyl (C=O) groups is 3. The third-order valence-corrected chi connectivity index (χ3v) is 9.27. The quantitative estimate of drug-likeness (QED) is 0.588. The van der Waals surface area contributed by atoms with Crippen LogP contribution in [0, 0.1) is 6.92 Å². The first kappa shape index (κ1) is 26.9. The van der Waals surface area contributed by atoms with Crippen LogP contribution in [0.15, 0.2) is 17.0 Å². The number of rotatable bonds is 6. The molecule has 3 aliphatic rings. The van der Waals surface area contributed by atoms with Crippen molar-refractivity contribution < 1.29 is 19.1 Å². The maximum Gasteiger partial charge on any atom is 0.406 e. The summed E-state index contributed by atoms with van der Waals surface area (Å²) in [5.41, 5.74) is 2.36. The van der Waals surface area contributed by atoms with E-state index < -0.39 is 10.8 Å². The average Bonchev–Trinajstić information content (AvgIpc) is 3.30. The van der Waals surface area contributed by atoms with E-state index in [1.54, 1.807) is 16.7 Å². The molecule has 2 aliphatic heterocycles. The Morgan fingerprint density at radius 2 is 2.00 bits per heavy atom. The number of methoxy groups -OCH3 is 1. The van der Waals surface area contributed by atoms with Crippen molar-refractivity contribution in [3.63, 3.8) is 0 Å². The van der Waals surface area contributed by atoms with E-state index in [0.717, 1.165) is 67.8 Å². The Morgan fingerprint density at radius 3 is 2.64 bits per heavy atom. The molecule has 196 valence electrons. The lowest BCUT2D eigenvalue weighted by Gasteiger charge is -2.42. The maximum absolute atomic E-state index is 14.0. The number of benzene rings is 1. The second-order valence-electron chi connectivity index (χ2n) is 10.7. The zero-order valence-corrected chi connectivity index (χ0v) is 23.1. The summed E-state index contributed by atoms with van der Waals surface area (Å²) in [4.78, 5) is 46.6. The summed E-state index contributed by atoms with van der Waals surface area (Å²) in [5.74, 6) is 0.109. The predicted octanol–water partition coefficient (Wildman–Crippen LogP) is 2.97. The van der Waals surface area contributed by atoms with Gasteiger partial charge in [0.15, 0.2) is 7.98 Å². The topological polar surface area (TPSA) is 82.2 Å². The molecule has 3 amide bonds. The number of alkyl carbamates (subject to hydrolysis) is 1. The van der Waals surface area contributed by atoms with Crippen molar-refractivity contribution in [3.05, 3.63) is 23.3 Å². The number of nitrogens with zero attached hydrogens (tertiary/aromatic N) is 3. The number of ether oxygens (including phenoxy) is 1. The summed E-state index contributed by atoms with van der Waals surface area (Å²) >= 11 is 1.67. The Bertz CT molecular complexity index is 1010. The zero-order valence-electron chi connectivity index (χ0n) is 22.3. The van der Waals surface area contributed by atoms with Gasteiger partial charge in [-0.2, -0.15) is 0 Å². The first-order chi connectivity index (χ1) is 17.2. The molecule has 0 unspecified atom stereocenters. The molecule has 1 N–H and O–H groups in total. The van der Waals surface area contributed by atoms with Crippen LogP contribution in [0.4, 0.5) is 10.5 Å². The SMILES string of the molecule is BN1CCC[C@@H](N(C(=O)c2cc3c(cc2C)SC2(CCCC2)C(=O)N3CCNC(=O)OC)C(C)C)C1.